The number of nitrogens with zero attached hydrogens (tertiary/aromatic N) is 1. The van der Waals surface area contributed by atoms with E-state index in [1.807, 2.05) is 38.1 Å². The van der Waals surface area contributed by atoms with Gasteiger partial charge in [0.25, 0.3) is 0 Å². The number of carbonyl (C=O) groups is 1. The maximum atomic E-state index is 11.5. The molecule has 1 aromatic rings. The molecule has 0 heterocycles. The lowest BCUT2D eigenvalue weighted by Crippen LogP contribution is -2.34. The van der Waals surface area contributed by atoms with E-state index in [-0.39, 0.29) is 36.0 Å². The molecule has 0 saturated carbocycles. The molecule has 0 aliphatic heterocycles. The molecule has 5 N–H and O–H groups in total. The number of guanidine groups is 1. The van der Waals surface area contributed by atoms with Gasteiger partial charge >= 0.3 is 6.03 Å². The van der Waals surface area contributed by atoms with Crippen LogP contribution in [-0.2, 0) is 6.54 Å². The first-order chi connectivity index (χ1) is 9.01. The van der Waals surface area contributed by atoms with Crippen LogP contribution >= 0.6 is 24.0 Å². The Hall–Kier alpha value is -1.51. The molecule has 0 atom stereocenters. The number of benzene rings is 1. The van der Waals surface area contributed by atoms with Gasteiger partial charge in [0.15, 0.2) is 5.96 Å². The molecule has 7 heteroatoms. The summed E-state index contributed by atoms with van der Waals surface area (Å²) in [4.78, 5) is 15.3. The summed E-state index contributed by atoms with van der Waals surface area (Å²) in [5.41, 5.74) is 7.34. The predicted octanol–water partition coefficient (Wildman–Crippen LogP) is 1.87. The van der Waals surface area contributed by atoms with Crippen molar-refractivity contribution < 1.29 is 4.79 Å². The Morgan fingerprint density at radius 2 is 1.90 bits per heavy atom. The Bertz CT molecular complexity index is 445. The molecule has 0 aliphatic rings. The van der Waals surface area contributed by atoms with Crippen molar-refractivity contribution in [3.05, 3.63) is 29.8 Å². The first-order valence-electron chi connectivity index (χ1n) is 6.14. The standard InChI is InChI=1S/C13H21N5O.HI/c1-9(2)17-13(19)18-11-6-4-10(5-7-11)8-16-12(14)15-3;/h4-7,9H,8H2,1-3H3,(H3,14,15,16)(H2,17,18,19);1H. The molecule has 0 aliphatic carbocycles. The van der Waals surface area contributed by atoms with Crippen molar-refractivity contribution in [1.29, 1.82) is 0 Å². The van der Waals surface area contributed by atoms with Gasteiger partial charge in [-0.3, -0.25) is 4.99 Å². The summed E-state index contributed by atoms with van der Waals surface area (Å²) in [6, 6.07) is 7.43. The lowest BCUT2D eigenvalue weighted by molar-refractivity contribution is 0.250. The number of rotatable bonds is 4. The van der Waals surface area contributed by atoms with E-state index in [1.165, 1.54) is 0 Å². The highest BCUT2D eigenvalue weighted by Gasteiger charge is 2.03. The number of anilines is 1. The monoisotopic (exact) mass is 391 g/mol. The van der Waals surface area contributed by atoms with Crippen LogP contribution in [0, 0.1) is 0 Å². The molecule has 1 rings (SSSR count). The van der Waals surface area contributed by atoms with E-state index in [9.17, 15) is 4.79 Å². The van der Waals surface area contributed by atoms with Gasteiger partial charge in [-0.05, 0) is 31.5 Å². The average Bonchev–Trinajstić information content (AvgIpc) is 2.36. The van der Waals surface area contributed by atoms with Crippen LogP contribution in [0.25, 0.3) is 0 Å². The molecule has 0 bridgehead atoms. The number of urea groups is 1. The Kier molecular flexibility index (Phi) is 8.69. The zero-order chi connectivity index (χ0) is 14.3. The fourth-order valence-electron chi connectivity index (χ4n) is 1.41. The fourth-order valence-corrected chi connectivity index (χ4v) is 1.41. The first-order valence-corrected chi connectivity index (χ1v) is 6.14. The van der Waals surface area contributed by atoms with Crippen molar-refractivity contribution in [1.82, 2.24) is 10.6 Å². The van der Waals surface area contributed by atoms with Crippen LogP contribution in [-0.4, -0.2) is 25.1 Å². The Morgan fingerprint density at radius 1 is 1.30 bits per heavy atom. The van der Waals surface area contributed by atoms with Crippen LogP contribution in [0.5, 0.6) is 0 Å². The van der Waals surface area contributed by atoms with E-state index in [0.717, 1.165) is 11.3 Å². The van der Waals surface area contributed by atoms with E-state index in [4.69, 9.17) is 5.73 Å². The van der Waals surface area contributed by atoms with Gasteiger partial charge in [-0.2, -0.15) is 0 Å². The van der Waals surface area contributed by atoms with Crippen molar-refractivity contribution in [3.8, 4) is 0 Å². The smallest absolute Gasteiger partial charge is 0.319 e. The van der Waals surface area contributed by atoms with Crippen molar-refractivity contribution >= 4 is 41.7 Å². The second kappa shape index (κ2) is 9.40. The molecule has 0 saturated heterocycles. The molecule has 1 aromatic carbocycles. The Morgan fingerprint density at radius 3 is 2.40 bits per heavy atom. The second-order valence-electron chi connectivity index (χ2n) is 4.41. The largest absolute Gasteiger partial charge is 0.370 e. The number of aliphatic imine (C=N–C) groups is 1. The van der Waals surface area contributed by atoms with E-state index < -0.39 is 0 Å². The SMILES string of the molecule is CN=C(N)NCc1ccc(NC(=O)NC(C)C)cc1.I. The summed E-state index contributed by atoms with van der Waals surface area (Å²) in [6.07, 6.45) is 0. The normalized spacial score (nSPS) is 10.7. The van der Waals surface area contributed by atoms with Gasteiger partial charge in [-0.15, -0.1) is 24.0 Å². The zero-order valence-electron chi connectivity index (χ0n) is 11.9. The van der Waals surface area contributed by atoms with E-state index >= 15 is 0 Å². The maximum Gasteiger partial charge on any atom is 0.319 e. The number of carbonyl (C=O) groups excluding carboxylic acids is 1. The van der Waals surface area contributed by atoms with Crippen molar-refractivity contribution in [2.45, 2.75) is 26.4 Å². The minimum Gasteiger partial charge on any atom is -0.370 e. The van der Waals surface area contributed by atoms with Gasteiger partial charge in [0.05, 0.1) is 0 Å². The molecule has 0 radical (unpaired) electrons. The highest BCUT2D eigenvalue weighted by Crippen LogP contribution is 2.09. The van der Waals surface area contributed by atoms with Gasteiger partial charge in [0, 0.05) is 25.3 Å². The fraction of sp³-hybridized carbons (Fsp3) is 0.385. The van der Waals surface area contributed by atoms with Crippen molar-refractivity contribution in [3.63, 3.8) is 0 Å². The molecule has 0 spiro atoms. The summed E-state index contributed by atoms with van der Waals surface area (Å²) in [5.74, 6) is 0.401. The maximum absolute atomic E-state index is 11.5. The molecular weight excluding hydrogens is 369 g/mol. The topological polar surface area (TPSA) is 91.5 Å². The predicted molar refractivity (Wildman–Crippen MR) is 93.5 cm³/mol. The van der Waals surface area contributed by atoms with E-state index in [2.05, 4.69) is 20.9 Å². The average molecular weight is 391 g/mol. The van der Waals surface area contributed by atoms with Gasteiger partial charge in [-0.1, -0.05) is 12.1 Å². The highest BCUT2D eigenvalue weighted by atomic mass is 127. The molecule has 0 fully saturated rings. The summed E-state index contributed by atoms with van der Waals surface area (Å²) in [5, 5.41) is 8.48. The molecule has 0 unspecified atom stereocenters. The Balaban J connectivity index is 0.00000361. The van der Waals surface area contributed by atoms with Crippen LogP contribution in [0.3, 0.4) is 0 Å². The minimum absolute atomic E-state index is 0. The minimum atomic E-state index is -0.205. The summed E-state index contributed by atoms with van der Waals surface area (Å²) >= 11 is 0. The quantitative estimate of drug-likeness (QED) is 0.359. The number of nitrogens with two attached hydrogens (primary N) is 1. The van der Waals surface area contributed by atoms with Gasteiger partial charge in [-0.25, -0.2) is 4.79 Å². The molecular formula is C13H22IN5O. The van der Waals surface area contributed by atoms with Gasteiger partial charge in [0.2, 0.25) is 0 Å². The third kappa shape index (κ3) is 7.17. The van der Waals surface area contributed by atoms with Crippen LogP contribution in [0.1, 0.15) is 19.4 Å². The second-order valence-corrected chi connectivity index (χ2v) is 4.41. The van der Waals surface area contributed by atoms with Crippen molar-refractivity contribution in [2.24, 2.45) is 10.7 Å². The van der Waals surface area contributed by atoms with Crippen LogP contribution in [0.2, 0.25) is 0 Å². The molecule has 6 nitrogen and oxygen atoms in total. The van der Waals surface area contributed by atoms with E-state index in [0.29, 0.717) is 12.5 Å². The molecule has 0 aromatic heterocycles. The molecule has 2 amide bonds. The highest BCUT2D eigenvalue weighted by molar-refractivity contribution is 14.0. The van der Waals surface area contributed by atoms with Crippen LogP contribution in [0.4, 0.5) is 10.5 Å². The van der Waals surface area contributed by atoms with E-state index in [1.54, 1.807) is 7.05 Å². The Labute approximate surface area is 136 Å². The van der Waals surface area contributed by atoms with Crippen LogP contribution < -0.4 is 21.7 Å². The number of nitrogens with one attached hydrogen (secondary N) is 3. The molecule has 112 valence electrons. The van der Waals surface area contributed by atoms with Gasteiger partial charge in [0.1, 0.15) is 0 Å². The number of hydrogen-bond acceptors (Lipinski definition) is 2. The summed E-state index contributed by atoms with van der Waals surface area (Å²) in [7, 11) is 1.63. The zero-order valence-corrected chi connectivity index (χ0v) is 14.3. The third-order valence-electron chi connectivity index (χ3n) is 2.35. The van der Waals surface area contributed by atoms with Crippen molar-refractivity contribution in [2.75, 3.05) is 12.4 Å². The number of halogens is 1. The third-order valence-corrected chi connectivity index (χ3v) is 2.35. The van der Waals surface area contributed by atoms with Crippen LogP contribution in [0.15, 0.2) is 29.3 Å². The number of hydrogen-bond donors (Lipinski definition) is 4. The lowest BCUT2D eigenvalue weighted by Gasteiger charge is -2.10. The summed E-state index contributed by atoms with van der Waals surface area (Å²) in [6.45, 7) is 4.42. The molecule has 20 heavy (non-hydrogen) atoms. The number of amides is 2. The first kappa shape index (κ1) is 18.5. The van der Waals surface area contributed by atoms with Gasteiger partial charge < -0.3 is 21.7 Å². The summed E-state index contributed by atoms with van der Waals surface area (Å²) < 4.78 is 0. The lowest BCUT2D eigenvalue weighted by atomic mass is 10.2.